The molecule has 2 N–H and O–H groups in total. The van der Waals surface area contributed by atoms with Crippen LogP contribution in [0.3, 0.4) is 0 Å². The number of carbonyl (C=O) groups is 1. The van der Waals surface area contributed by atoms with Crippen LogP contribution in [0.15, 0.2) is 54.6 Å². The lowest BCUT2D eigenvalue weighted by Gasteiger charge is -2.24. The molecule has 0 fully saturated rings. The van der Waals surface area contributed by atoms with Gasteiger partial charge in [-0.3, -0.25) is 10.1 Å². The molecular weight excluding hydrogens is 312 g/mol. The second kappa shape index (κ2) is 8.07. The fourth-order valence-electron chi connectivity index (χ4n) is 2.32. The Balaban J connectivity index is 2.43. The third-order valence-electron chi connectivity index (χ3n) is 3.41. The van der Waals surface area contributed by atoms with Crippen molar-refractivity contribution in [2.45, 2.75) is 19.1 Å². The van der Waals surface area contributed by atoms with Crippen LogP contribution < -0.4 is 5.32 Å². The fraction of sp³-hybridized carbons (Fsp3) is 0.235. The molecule has 0 aromatic heterocycles. The van der Waals surface area contributed by atoms with Crippen LogP contribution in [0.1, 0.15) is 18.5 Å². The maximum Gasteiger partial charge on any atom is 0.337 e. The average Bonchev–Trinajstić information content (AvgIpc) is 2.60. The van der Waals surface area contributed by atoms with Crippen LogP contribution in [-0.4, -0.2) is 28.7 Å². The lowest BCUT2D eigenvalue weighted by atomic mass is 9.99. The first-order valence-corrected chi connectivity index (χ1v) is 7.44. The van der Waals surface area contributed by atoms with Crippen molar-refractivity contribution >= 4 is 17.3 Å². The number of carbonyl (C=O) groups excluding carboxylic acids is 1. The number of hydrogen-bond donors (Lipinski definition) is 2. The minimum Gasteiger partial charge on any atom is -0.464 e. The van der Waals surface area contributed by atoms with E-state index in [1.165, 1.54) is 18.2 Å². The molecule has 2 aromatic carbocycles. The van der Waals surface area contributed by atoms with E-state index in [0.717, 1.165) is 0 Å². The highest BCUT2D eigenvalue weighted by molar-refractivity contribution is 5.77. The number of ether oxygens (including phenoxy) is 1. The zero-order chi connectivity index (χ0) is 17.5. The number of rotatable bonds is 7. The Morgan fingerprint density at radius 3 is 2.46 bits per heavy atom. The van der Waals surface area contributed by atoms with Gasteiger partial charge in [0.05, 0.1) is 23.1 Å². The first-order valence-electron chi connectivity index (χ1n) is 7.44. The van der Waals surface area contributed by atoms with Gasteiger partial charge in [-0.1, -0.05) is 30.3 Å². The number of hydrogen-bond acceptors (Lipinski definition) is 6. The lowest BCUT2D eigenvalue weighted by molar-refractivity contribution is -0.385. The second-order valence-corrected chi connectivity index (χ2v) is 5.00. The lowest BCUT2D eigenvalue weighted by Crippen LogP contribution is -2.34. The van der Waals surface area contributed by atoms with Crippen LogP contribution in [0.5, 0.6) is 0 Å². The molecule has 0 heterocycles. The fourth-order valence-corrected chi connectivity index (χ4v) is 2.32. The van der Waals surface area contributed by atoms with Crippen molar-refractivity contribution in [2.75, 3.05) is 11.9 Å². The first-order chi connectivity index (χ1) is 11.5. The molecule has 2 atom stereocenters. The highest BCUT2D eigenvalue weighted by Gasteiger charge is 2.33. The molecule has 0 aliphatic rings. The zero-order valence-corrected chi connectivity index (χ0v) is 13.1. The Labute approximate surface area is 139 Å². The van der Waals surface area contributed by atoms with Crippen LogP contribution in [0.2, 0.25) is 0 Å². The van der Waals surface area contributed by atoms with Crippen molar-refractivity contribution in [2.24, 2.45) is 0 Å². The summed E-state index contributed by atoms with van der Waals surface area (Å²) in [5.74, 6) is -0.843. The number of aliphatic hydroxyl groups excluding tert-OH is 1. The van der Waals surface area contributed by atoms with Crippen molar-refractivity contribution in [1.29, 1.82) is 0 Å². The van der Waals surface area contributed by atoms with E-state index in [4.69, 9.17) is 4.74 Å². The number of para-hydroxylation sites is 2. The summed E-state index contributed by atoms with van der Waals surface area (Å²) in [5.41, 5.74) is 0.630. The number of nitrogens with one attached hydrogen (secondary N) is 1. The molecule has 2 aromatic rings. The van der Waals surface area contributed by atoms with Crippen molar-refractivity contribution in [1.82, 2.24) is 0 Å². The minimum atomic E-state index is -1.59. The Hall–Kier alpha value is -2.93. The van der Waals surface area contributed by atoms with E-state index in [1.807, 2.05) is 6.07 Å². The molecule has 0 bridgehead atoms. The molecule has 24 heavy (non-hydrogen) atoms. The molecule has 0 saturated heterocycles. The molecule has 126 valence electrons. The predicted molar refractivity (Wildman–Crippen MR) is 88.5 cm³/mol. The van der Waals surface area contributed by atoms with E-state index < -0.39 is 23.0 Å². The second-order valence-electron chi connectivity index (χ2n) is 5.00. The van der Waals surface area contributed by atoms with Crippen molar-refractivity contribution in [3.8, 4) is 0 Å². The predicted octanol–water partition coefficient (Wildman–Crippen LogP) is 2.67. The molecule has 0 radical (unpaired) electrons. The Morgan fingerprint density at radius 1 is 1.21 bits per heavy atom. The van der Waals surface area contributed by atoms with E-state index >= 15 is 0 Å². The van der Waals surface area contributed by atoms with Crippen LogP contribution in [0.25, 0.3) is 0 Å². The summed E-state index contributed by atoms with van der Waals surface area (Å²) >= 11 is 0. The standard InChI is InChI=1S/C17H18N2O5/c1-2-24-17(21)16(20)15(18-12-8-4-3-5-9-12)13-10-6-7-11-14(13)19(22)23/h3-11,15-16,18,20H,2H2,1H3. The topological polar surface area (TPSA) is 102 Å². The van der Waals surface area contributed by atoms with E-state index in [9.17, 15) is 20.0 Å². The van der Waals surface area contributed by atoms with Crippen LogP contribution >= 0.6 is 0 Å². The number of anilines is 1. The summed E-state index contributed by atoms with van der Waals surface area (Å²) in [5, 5.41) is 24.6. The van der Waals surface area contributed by atoms with E-state index in [0.29, 0.717) is 5.69 Å². The molecule has 0 saturated carbocycles. The molecule has 2 rings (SSSR count). The van der Waals surface area contributed by atoms with Crippen molar-refractivity contribution in [3.63, 3.8) is 0 Å². The summed E-state index contributed by atoms with van der Waals surface area (Å²) in [6.07, 6.45) is -1.59. The van der Waals surface area contributed by atoms with Gasteiger partial charge in [-0.15, -0.1) is 0 Å². The molecular formula is C17H18N2O5. The summed E-state index contributed by atoms with van der Waals surface area (Å²) in [7, 11) is 0. The van der Waals surface area contributed by atoms with Gasteiger partial charge in [0, 0.05) is 11.8 Å². The summed E-state index contributed by atoms with van der Waals surface area (Å²) in [6.45, 7) is 1.72. The first kappa shape index (κ1) is 17.4. The number of nitro benzene ring substituents is 1. The van der Waals surface area contributed by atoms with Crippen LogP contribution in [0.4, 0.5) is 11.4 Å². The van der Waals surface area contributed by atoms with Gasteiger partial charge in [0.2, 0.25) is 0 Å². The SMILES string of the molecule is CCOC(=O)C(O)C(Nc1ccccc1)c1ccccc1[N+](=O)[O-]. The van der Waals surface area contributed by atoms with Gasteiger partial charge in [-0.2, -0.15) is 0 Å². The quantitative estimate of drug-likeness (QED) is 0.460. The van der Waals surface area contributed by atoms with Crippen molar-refractivity contribution < 1.29 is 19.6 Å². The zero-order valence-electron chi connectivity index (χ0n) is 13.1. The van der Waals surface area contributed by atoms with E-state index in [1.54, 1.807) is 37.3 Å². The molecule has 0 amide bonds. The monoisotopic (exact) mass is 330 g/mol. The van der Waals surface area contributed by atoms with Gasteiger partial charge in [0.1, 0.15) is 0 Å². The molecule has 7 heteroatoms. The maximum absolute atomic E-state index is 11.9. The normalized spacial score (nSPS) is 12.9. The number of nitrogens with zero attached hydrogens (tertiary/aromatic N) is 1. The third-order valence-corrected chi connectivity index (χ3v) is 3.41. The average molecular weight is 330 g/mol. The molecule has 7 nitrogen and oxygen atoms in total. The highest BCUT2D eigenvalue weighted by Crippen LogP contribution is 2.30. The summed E-state index contributed by atoms with van der Waals surface area (Å²) in [4.78, 5) is 22.7. The third kappa shape index (κ3) is 4.08. The number of nitro groups is 1. The van der Waals surface area contributed by atoms with Gasteiger partial charge in [-0.05, 0) is 25.1 Å². The highest BCUT2D eigenvalue weighted by atomic mass is 16.6. The van der Waals surface area contributed by atoms with E-state index in [-0.39, 0.29) is 17.9 Å². The van der Waals surface area contributed by atoms with Gasteiger partial charge < -0.3 is 15.2 Å². The van der Waals surface area contributed by atoms with Crippen LogP contribution in [-0.2, 0) is 9.53 Å². The van der Waals surface area contributed by atoms with Crippen LogP contribution in [0, 0.1) is 10.1 Å². The summed E-state index contributed by atoms with van der Waals surface area (Å²) in [6, 6.07) is 13.8. The molecule has 0 spiro atoms. The Kier molecular flexibility index (Phi) is 5.86. The molecule has 2 unspecified atom stereocenters. The number of benzene rings is 2. The maximum atomic E-state index is 11.9. The number of esters is 1. The van der Waals surface area contributed by atoms with Gasteiger partial charge in [0.25, 0.3) is 5.69 Å². The Morgan fingerprint density at radius 2 is 1.83 bits per heavy atom. The largest absolute Gasteiger partial charge is 0.464 e. The summed E-state index contributed by atoms with van der Waals surface area (Å²) < 4.78 is 4.85. The smallest absolute Gasteiger partial charge is 0.337 e. The van der Waals surface area contributed by atoms with Crippen molar-refractivity contribution in [3.05, 3.63) is 70.3 Å². The molecule has 0 aliphatic heterocycles. The molecule has 0 aliphatic carbocycles. The Bertz CT molecular complexity index is 705. The van der Waals surface area contributed by atoms with Gasteiger partial charge >= 0.3 is 5.97 Å². The van der Waals surface area contributed by atoms with E-state index in [2.05, 4.69) is 5.32 Å². The number of aliphatic hydroxyl groups is 1. The van der Waals surface area contributed by atoms with Gasteiger partial charge in [-0.25, -0.2) is 4.79 Å². The van der Waals surface area contributed by atoms with Gasteiger partial charge in [0.15, 0.2) is 6.10 Å². The minimum absolute atomic E-state index is 0.102.